The van der Waals surface area contributed by atoms with E-state index in [-0.39, 0.29) is 4.21 Å². The highest BCUT2D eigenvalue weighted by molar-refractivity contribution is 7.91. The monoisotopic (exact) mass is 344 g/mol. The summed E-state index contributed by atoms with van der Waals surface area (Å²) in [6.07, 6.45) is 0. The van der Waals surface area contributed by atoms with Crippen LogP contribution in [0.3, 0.4) is 0 Å². The molecule has 3 N–H and O–H groups in total. The van der Waals surface area contributed by atoms with Gasteiger partial charge in [-0.1, -0.05) is 29.8 Å². The number of benzene rings is 1. The number of nitrogens with one attached hydrogen (secondary N) is 1. The van der Waals surface area contributed by atoms with E-state index in [9.17, 15) is 8.42 Å². The lowest BCUT2D eigenvalue weighted by atomic mass is 10.1. The normalized spacial score (nSPS) is 13.3. The molecule has 1 heterocycles. The molecule has 114 valence electrons. The maximum absolute atomic E-state index is 12.4. The number of halogens is 1. The summed E-state index contributed by atoms with van der Waals surface area (Å²) in [5.74, 6) is 0. The van der Waals surface area contributed by atoms with Crippen LogP contribution in [0.5, 0.6) is 0 Å². The van der Waals surface area contributed by atoms with Crippen LogP contribution in [0.2, 0.25) is 5.02 Å². The molecule has 7 heteroatoms. The molecule has 0 spiro atoms. The van der Waals surface area contributed by atoms with E-state index in [1.54, 1.807) is 25.1 Å². The van der Waals surface area contributed by atoms with E-state index in [2.05, 4.69) is 4.72 Å². The van der Waals surface area contributed by atoms with Gasteiger partial charge in [-0.05, 0) is 37.1 Å². The maximum Gasteiger partial charge on any atom is 0.250 e. The van der Waals surface area contributed by atoms with Gasteiger partial charge >= 0.3 is 0 Å². The molecule has 0 amide bonds. The number of hydrogen-bond acceptors (Lipinski definition) is 4. The van der Waals surface area contributed by atoms with Crippen molar-refractivity contribution in [3.8, 4) is 0 Å². The Morgan fingerprint density at radius 1 is 1.38 bits per heavy atom. The molecule has 0 aliphatic carbocycles. The zero-order chi connectivity index (χ0) is 15.6. The van der Waals surface area contributed by atoms with Crippen molar-refractivity contribution in [2.24, 2.45) is 5.73 Å². The van der Waals surface area contributed by atoms with Crippen molar-refractivity contribution < 1.29 is 8.42 Å². The summed E-state index contributed by atoms with van der Waals surface area (Å²) in [6, 6.07) is 8.42. The van der Waals surface area contributed by atoms with Gasteiger partial charge in [0.05, 0.1) is 0 Å². The van der Waals surface area contributed by atoms with Crippen molar-refractivity contribution in [3.05, 3.63) is 51.4 Å². The Kier molecular flexibility index (Phi) is 5.06. The highest BCUT2D eigenvalue weighted by atomic mass is 35.5. The Balaban J connectivity index is 2.27. The molecule has 4 nitrogen and oxygen atoms in total. The van der Waals surface area contributed by atoms with Crippen LogP contribution in [-0.2, 0) is 16.6 Å². The van der Waals surface area contributed by atoms with Crippen molar-refractivity contribution in [1.29, 1.82) is 0 Å². The SMILES string of the molecule is Cc1cc(S(=O)(=O)NC(C)c2ccccc2Cl)sc1CN. The number of nitrogens with two attached hydrogens (primary N) is 1. The van der Waals surface area contributed by atoms with Gasteiger partial charge in [-0.2, -0.15) is 0 Å². The summed E-state index contributed by atoms with van der Waals surface area (Å²) >= 11 is 7.30. The van der Waals surface area contributed by atoms with Crippen LogP contribution in [0.15, 0.2) is 34.5 Å². The Morgan fingerprint density at radius 2 is 2.05 bits per heavy atom. The quantitative estimate of drug-likeness (QED) is 0.874. The van der Waals surface area contributed by atoms with Gasteiger partial charge in [0.15, 0.2) is 0 Å². The first kappa shape index (κ1) is 16.5. The second-order valence-corrected chi connectivity index (χ2v) is 8.23. The number of sulfonamides is 1. The van der Waals surface area contributed by atoms with Crippen LogP contribution < -0.4 is 10.5 Å². The Bertz CT molecular complexity index is 741. The number of rotatable bonds is 5. The molecule has 1 unspecified atom stereocenters. The van der Waals surface area contributed by atoms with Crippen LogP contribution in [0.1, 0.15) is 29.0 Å². The number of thiophene rings is 1. The molecule has 0 aliphatic heterocycles. The van der Waals surface area contributed by atoms with Gasteiger partial charge < -0.3 is 5.73 Å². The summed E-state index contributed by atoms with van der Waals surface area (Å²) in [4.78, 5) is 0.876. The average Bonchev–Trinajstić information content (AvgIpc) is 2.80. The largest absolute Gasteiger partial charge is 0.326 e. The topological polar surface area (TPSA) is 72.2 Å². The van der Waals surface area contributed by atoms with Crippen molar-refractivity contribution in [2.45, 2.75) is 30.6 Å². The van der Waals surface area contributed by atoms with E-state index in [0.717, 1.165) is 16.0 Å². The minimum Gasteiger partial charge on any atom is -0.326 e. The summed E-state index contributed by atoms with van der Waals surface area (Å²) in [6.45, 7) is 3.96. The van der Waals surface area contributed by atoms with Crippen LogP contribution in [-0.4, -0.2) is 8.42 Å². The maximum atomic E-state index is 12.4. The molecule has 1 atom stereocenters. The first-order valence-electron chi connectivity index (χ1n) is 6.41. The molecule has 2 aromatic rings. The third-order valence-corrected chi connectivity index (χ3v) is 6.77. The molecule has 0 aliphatic rings. The minimum atomic E-state index is -3.58. The first-order valence-corrected chi connectivity index (χ1v) is 9.09. The Labute approximate surface area is 134 Å². The van der Waals surface area contributed by atoms with Gasteiger partial charge in [0.1, 0.15) is 4.21 Å². The van der Waals surface area contributed by atoms with E-state index >= 15 is 0 Å². The molecule has 0 fully saturated rings. The Morgan fingerprint density at radius 3 is 2.62 bits per heavy atom. The van der Waals surface area contributed by atoms with Gasteiger partial charge in [-0.15, -0.1) is 11.3 Å². The molecular weight excluding hydrogens is 328 g/mol. The van der Waals surface area contributed by atoms with Crippen LogP contribution in [0, 0.1) is 6.92 Å². The highest BCUT2D eigenvalue weighted by Crippen LogP contribution is 2.28. The zero-order valence-electron chi connectivity index (χ0n) is 11.8. The Hall–Kier alpha value is -0.920. The third-order valence-electron chi connectivity index (χ3n) is 3.15. The molecule has 0 saturated heterocycles. The van der Waals surface area contributed by atoms with Gasteiger partial charge in [-0.25, -0.2) is 13.1 Å². The van der Waals surface area contributed by atoms with Crippen molar-refractivity contribution in [2.75, 3.05) is 0 Å². The lowest BCUT2D eigenvalue weighted by molar-refractivity contribution is 0.569. The summed E-state index contributed by atoms with van der Waals surface area (Å²) < 4.78 is 27.8. The molecule has 0 radical (unpaired) electrons. The van der Waals surface area contributed by atoms with E-state index in [1.807, 2.05) is 19.1 Å². The van der Waals surface area contributed by atoms with Gasteiger partial charge in [-0.3, -0.25) is 0 Å². The molecule has 2 rings (SSSR count). The fraction of sp³-hybridized carbons (Fsp3) is 0.286. The fourth-order valence-electron chi connectivity index (χ4n) is 2.00. The van der Waals surface area contributed by atoms with Crippen molar-refractivity contribution in [3.63, 3.8) is 0 Å². The van der Waals surface area contributed by atoms with Crippen LogP contribution >= 0.6 is 22.9 Å². The molecule has 1 aromatic carbocycles. The summed E-state index contributed by atoms with van der Waals surface area (Å²) in [7, 11) is -3.58. The molecular formula is C14H17ClN2O2S2. The zero-order valence-corrected chi connectivity index (χ0v) is 14.1. The standard InChI is InChI=1S/C14H17ClN2O2S2/c1-9-7-14(20-13(9)8-16)21(18,19)17-10(2)11-5-3-4-6-12(11)15/h3-7,10,17H,8,16H2,1-2H3. The molecule has 1 aromatic heterocycles. The van der Waals surface area contributed by atoms with Gasteiger partial charge in [0.2, 0.25) is 0 Å². The lowest BCUT2D eigenvalue weighted by Gasteiger charge is -2.15. The van der Waals surface area contributed by atoms with Crippen LogP contribution in [0.25, 0.3) is 0 Å². The molecule has 21 heavy (non-hydrogen) atoms. The highest BCUT2D eigenvalue weighted by Gasteiger charge is 2.22. The predicted molar refractivity (Wildman–Crippen MR) is 87.1 cm³/mol. The molecule has 0 saturated carbocycles. The van der Waals surface area contributed by atoms with Crippen molar-refractivity contribution in [1.82, 2.24) is 4.72 Å². The number of hydrogen-bond donors (Lipinski definition) is 2. The smallest absolute Gasteiger partial charge is 0.250 e. The van der Waals surface area contributed by atoms with Gasteiger partial charge in [0, 0.05) is 22.5 Å². The average molecular weight is 345 g/mol. The van der Waals surface area contributed by atoms with E-state index in [0.29, 0.717) is 11.6 Å². The lowest BCUT2D eigenvalue weighted by Crippen LogP contribution is -2.26. The van der Waals surface area contributed by atoms with Gasteiger partial charge in [0.25, 0.3) is 10.0 Å². The fourth-order valence-corrected chi connectivity index (χ4v) is 5.01. The predicted octanol–water partition coefficient (Wildman–Crippen LogP) is 3.21. The summed E-state index contributed by atoms with van der Waals surface area (Å²) in [5.41, 5.74) is 7.24. The number of aryl methyl sites for hydroxylation is 1. The second kappa shape index (κ2) is 6.46. The van der Waals surface area contributed by atoms with E-state index in [4.69, 9.17) is 17.3 Å². The van der Waals surface area contributed by atoms with E-state index in [1.165, 1.54) is 11.3 Å². The van der Waals surface area contributed by atoms with Crippen molar-refractivity contribution >= 4 is 33.0 Å². The second-order valence-electron chi connectivity index (χ2n) is 4.74. The minimum absolute atomic E-state index is 0.277. The van der Waals surface area contributed by atoms with E-state index < -0.39 is 16.1 Å². The third kappa shape index (κ3) is 3.64. The summed E-state index contributed by atoms with van der Waals surface area (Å²) in [5, 5.41) is 0.540. The first-order chi connectivity index (χ1) is 9.85. The van der Waals surface area contributed by atoms with Crippen LogP contribution in [0.4, 0.5) is 0 Å². The molecule has 0 bridgehead atoms.